The molecule has 1 aliphatic rings. The second-order valence-corrected chi connectivity index (χ2v) is 8.97. The van der Waals surface area contributed by atoms with Crippen molar-refractivity contribution in [3.05, 3.63) is 89.4 Å². The number of anilines is 1. The minimum Gasteiger partial charge on any atom is -0.352 e. The Morgan fingerprint density at radius 2 is 1.76 bits per heavy atom. The third-order valence-electron chi connectivity index (χ3n) is 5.95. The maximum absolute atomic E-state index is 13.1. The van der Waals surface area contributed by atoms with Gasteiger partial charge in [0.25, 0.3) is 0 Å². The van der Waals surface area contributed by atoms with Gasteiger partial charge in [-0.2, -0.15) is 0 Å². The number of para-hydroxylation sites is 1. The fourth-order valence-electron chi connectivity index (χ4n) is 4.19. The largest absolute Gasteiger partial charge is 0.352 e. The Labute approximate surface area is 205 Å². The predicted molar refractivity (Wildman–Crippen MR) is 137 cm³/mol. The lowest BCUT2D eigenvalue weighted by atomic mass is 10.0. The molecular weight excluding hydrogens is 448 g/mol. The third kappa shape index (κ3) is 6.16. The molecule has 3 aromatic carbocycles. The average Bonchev–Trinajstić information content (AvgIpc) is 3.29. The predicted octanol–water partition coefficient (Wildman–Crippen LogP) is 3.69. The van der Waals surface area contributed by atoms with Crippen molar-refractivity contribution in [1.82, 2.24) is 10.2 Å². The summed E-state index contributed by atoms with van der Waals surface area (Å²) in [6.45, 7) is 1.71. The van der Waals surface area contributed by atoms with Crippen molar-refractivity contribution >= 4 is 29.1 Å². The number of nitrogens with two attached hydrogens (primary N) is 1. The Morgan fingerprint density at radius 1 is 1.00 bits per heavy atom. The SMILES string of the molecule is NC1CCN(C(=O)CN(CC(=O)NCc2cccc(Cl)c2)c2ccccc2-c2ccccc2)C1. The molecule has 0 radical (unpaired) electrons. The number of rotatable bonds is 8. The molecule has 4 rings (SSSR count). The van der Waals surface area contributed by atoms with Crippen molar-refractivity contribution in [2.24, 2.45) is 5.73 Å². The molecule has 0 saturated carbocycles. The zero-order valence-electron chi connectivity index (χ0n) is 19.0. The fourth-order valence-corrected chi connectivity index (χ4v) is 4.40. The summed E-state index contributed by atoms with van der Waals surface area (Å²) in [5.41, 5.74) is 9.76. The summed E-state index contributed by atoms with van der Waals surface area (Å²) in [6, 6.07) is 25.2. The van der Waals surface area contributed by atoms with Gasteiger partial charge < -0.3 is 20.9 Å². The molecule has 6 nitrogen and oxygen atoms in total. The molecule has 1 atom stereocenters. The van der Waals surface area contributed by atoms with Crippen LogP contribution in [0.1, 0.15) is 12.0 Å². The van der Waals surface area contributed by atoms with Gasteiger partial charge in [0.2, 0.25) is 11.8 Å². The van der Waals surface area contributed by atoms with E-state index >= 15 is 0 Å². The Bertz CT molecular complexity index is 1140. The number of hydrogen-bond acceptors (Lipinski definition) is 4. The zero-order valence-corrected chi connectivity index (χ0v) is 19.7. The molecule has 3 aromatic rings. The fraction of sp³-hybridized carbons (Fsp3) is 0.259. The first-order valence-electron chi connectivity index (χ1n) is 11.4. The quantitative estimate of drug-likeness (QED) is 0.519. The summed E-state index contributed by atoms with van der Waals surface area (Å²) < 4.78 is 0. The lowest BCUT2D eigenvalue weighted by Gasteiger charge is -2.28. The van der Waals surface area contributed by atoms with E-state index in [1.165, 1.54) is 0 Å². The van der Waals surface area contributed by atoms with Crippen LogP contribution in [0.2, 0.25) is 5.02 Å². The van der Waals surface area contributed by atoms with Crippen LogP contribution in [0.3, 0.4) is 0 Å². The summed E-state index contributed by atoms with van der Waals surface area (Å²) in [5.74, 6) is -0.202. The van der Waals surface area contributed by atoms with E-state index < -0.39 is 0 Å². The third-order valence-corrected chi connectivity index (χ3v) is 6.18. The van der Waals surface area contributed by atoms with Gasteiger partial charge in [-0.05, 0) is 35.7 Å². The van der Waals surface area contributed by atoms with Crippen molar-refractivity contribution in [1.29, 1.82) is 0 Å². The van der Waals surface area contributed by atoms with Crippen LogP contribution < -0.4 is 16.0 Å². The van der Waals surface area contributed by atoms with E-state index in [2.05, 4.69) is 5.32 Å². The van der Waals surface area contributed by atoms with E-state index in [0.717, 1.165) is 28.8 Å². The normalized spacial score (nSPS) is 15.2. The monoisotopic (exact) mass is 476 g/mol. The molecule has 1 aliphatic heterocycles. The molecule has 2 amide bonds. The number of hydrogen-bond donors (Lipinski definition) is 2. The van der Waals surface area contributed by atoms with Crippen LogP contribution in [0.15, 0.2) is 78.9 Å². The molecule has 0 aromatic heterocycles. The highest BCUT2D eigenvalue weighted by Gasteiger charge is 2.26. The molecule has 1 heterocycles. The van der Waals surface area contributed by atoms with Crippen molar-refractivity contribution in [3.8, 4) is 11.1 Å². The Balaban J connectivity index is 1.55. The van der Waals surface area contributed by atoms with Gasteiger partial charge in [0.05, 0.1) is 13.1 Å². The maximum atomic E-state index is 13.1. The summed E-state index contributed by atoms with van der Waals surface area (Å²) >= 11 is 6.06. The van der Waals surface area contributed by atoms with Crippen LogP contribution in [0.5, 0.6) is 0 Å². The highest BCUT2D eigenvalue weighted by atomic mass is 35.5. The number of halogens is 1. The highest BCUT2D eigenvalue weighted by molar-refractivity contribution is 6.30. The number of benzene rings is 3. The lowest BCUT2D eigenvalue weighted by molar-refractivity contribution is -0.128. The minimum atomic E-state index is -0.172. The molecule has 1 fully saturated rings. The Kier molecular flexibility index (Phi) is 7.83. The number of likely N-dealkylation sites (tertiary alicyclic amines) is 1. The second-order valence-electron chi connectivity index (χ2n) is 8.53. The number of nitrogens with one attached hydrogen (secondary N) is 1. The van der Waals surface area contributed by atoms with Crippen LogP contribution in [-0.4, -0.2) is 48.9 Å². The molecule has 176 valence electrons. The molecule has 0 aliphatic carbocycles. The van der Waals surface area contributed by atoms with Gasteiger partial charge in [0, 0.05) is 41.9 Å². The molecule has 0 spiro atoms. The topological polar surface area (TPSA) is 78.7 Å². The molecule has 34 heavy (non-hydrogen) atoms. The molecule has 1 saturated heterocycles. The van der Waals surface area contributed by atoms with Crippen LogP contribution in [0.25, 0.3) is 11.1 Å². The first-order chi connectivity index (χ1) is 16.5. The smallest absolute Gasteiger partial charge is 0.242 e. The van der Waals surface area contributed by atoms with Crippen molar-refractivity contribution in [2.75, 3.05) is 31.1 Å². The van der Waals surface area contributed by atoms with Gasteiger partial charge >= 0.3 is 0 Å². The van der Waals surface area contributed by atoms with Crippen LogP contribution >= 0.6 is 11.6 Å². The number of amides is 2. The molecular formula is C27H29ClN4O2. The van der Waals surface area contributed by atoms with Gasteiger partial charge in [0.15, 0.2) is 0 Å². The van der Waals surface area contributed by atoms with Gasteiger partial charge in [-0.25, -0.2) is 0 Å². The van der Waals surface area contributed by atoms with Gasteiger partial charge in [-0.3, -0.25) is 9.59 Å². The van der Waals surface area contributed by atoms with Crippen molar-refractivity contribution in [2.45, 2.75) is 19.0 Å². The van der Waals surface area contributed by atoms with E-state index in [9.17, 15) is 9.59 Å². The zero-order chi connectivity index (χ0) is 23.9. The van der Waals surface area contributed by atoms with E-state index in [4.69, 9.17) is 17.3 Å². The first-order valence-corrected chi connectivity index (χ1v) is 11.8. The highest BCUT2D eigenvalue weighted by Crippen LogP contribution is 2.30. The number of carbonyl (C=O) groups excluding carboxylic acids is 2. The van der Waals surface area contributed by atoms with Crippen LogP contribution in [-0.2, 0) is 16.1 Å². The lowest BCUT2D eigenvalue weighted by Crippen LogP contribution is -2.44. The van der Waals surface area contributed by atoms with Crippen molar-refractivity contribution in [3.63, 3.8) is 0 Å². The van der Waals surface area contributed by atoms with E-state index in [0.29, 0.717) is 24.7 Å². The van der Waals surface area contributed by atoms with E-state index in [-0.39, 0.29) is 30.9 Å². The van der Waals surface area contributed by atoms with Gasteiger partial charge in [-0.15, -0.1) is 0 Å². The molecule has 7 heteroatoms. The Hall–Kier alpha value is -3.35. The molecule has 0 bridgehead atoms. The number of nitrogens with zero attached hydrogens (tertiary/aromatic N) is 2. The van der Waals surface area contributed by atoms with Crippen LogP contribution in [0.4, 0.5) is 5.69 Å². The first kappa shape index (κ1) is 23.8. The second kappa shape index (κ2) is 11.2. The average molecular weight is 477 g/mol. The van der Waals surface area contributed by atoms with Gasteiger partial charge in [-0.1, -0.05) is 72.3 Å². The summed E-state index contributed by atoms with van der Waals surface area (Å²) in [6.07, 6.45) is 0.798. The Morgan fingerprint density at radius 3 is 2.50 bits per heavy atom. The molecule has 3 N–H and O–H groups in total. The summed E-state index contributed by atoms with van der Waals surface area (Å²) in [5, 5.41) is 3.58. The number of carbonyl (C=O) groups is 2. The van der Waals surface area contributed by atoms with Gasteiger partial charge in [0.1, 0.15) is 0 Å². The maximum Gasteiger partial charge on any atom is 0.242 e. The van der Waals surface area contributed by atoms with E-state index in [1.54, 1.807) is 11.0 Å². The van der Waals surface area contributed by atoms with Crippen LogP contribution in [0, 0.1) is 0 Å². The molecule has 1 unspecified atom stereocenters. The minimum absolute atomic E-state index is 0.00926. The standard InChI is InChI=1S/C27H29ClN4O2/c28-22-10-6-7-20(15-22)16-30-26(33)18-32(19-27(34)31-14-13-23(29)17-31)25-12-5-4-11-24(25)21-8-2-1-3-9-21/h1-12,15,23H,13-14,16-19,29H2,(H,30,33). The summed E-state index contributed by atoms with van der Waals surface area (Å²) in [7, 11) is 0. The summed E-state index contributed by atoms with van der Waals surface area (Å²) in [4.78, 5) is 29.7. The van der Waals surface area contributed by atoms with Crippen molar-refractivity contribution < 1.29 is 9.59 Å². The van der Waals surface area contributed by atoms with E-state index in [1.807, 2.05) is 77.7 Å².